The quantitative estimate of drug-likeness (QED) is 0.341. The number of guanidine groups is 1. The third-order valence-corrected chi connectivity index (χ3v) is 6.54. The number of rotatable bonds is 7. The van der Waals surface area contributed by atoms with E-state index in [4.69, 9.17) is 9.41 Å². The van der Waals surface area contributed by atoms with Gasteiger partial charge in [-0.15, -0.1) is 35.3 Å². The molecule has 0 aliphatic heterocycles. The fraction of sp³-hybridized carbons (Fsp3) is 0.600. The van der Waals surface area contributed by atoms with E-state index < -0.39 is 0 Å². The van der Waals surface area contributed by atoms with E-state index in [1.807, 2.05) is 18.3 Å². The lowest BCUT2D eigenvalue weighted by atomic mass is 9.95. The molecule has 3 unspecified atom stereocenters. The molecule has 27 heavy (non-hydrogen) atoms. The summed E-state index contributed by atoms with van der Waals surface area (Å²) >= 11 is 1.76. The minimum Gasteiger partial charge on any atom is -0.469 e. The fourth-order valence-corrected chi connectivity index (χ4v) is 5.06. The molecule has 2 aliphatic rings. The average Bonchev–Trinajstić information content (AvgIpc) is 3.40. The lowest BCUT2D eigenvalue weighted by molar-refractivity contribution is 0.387. The van der Waals surface area contributed by atoms with Gasteiger partial charge >= 0.3 is 0 Å². The summed E-state index contributed by atoms with van der Waals surface area (Å²) in [6.45, 7) is 3.70. The van der Waals surface area contributed by atoms with Crippen LogP contribution in [0.15, 0.2) is 34.0 Å². The second-order valence-corrected chi connectivity index (χ2v) is 8.85. The van der Waals surface area contributed by atoms with Crippen molar-refractivity contribution in [3.63, 3.8) is 0 Å². The van der Waals surface area contributed by atoms with E-state index in [1.165, 1.54) is 35.6 Å². The van der Waals surface area contributed by atoms with E-state index >= 15 is 0 Å². The normalized spacial score (nSPS) is 24.0. The van der Waals surface area contributed by atoms with Crippen LogP contribution >= 0.6 is 35.3 Å². The molecular formula is C20H29IN4OS. The van der Waals surface area contributed by atoms with Crippen LogP contribution in [-0.2, 0) is 12.8 Å². The van der Waals surface area contributed by atoms with Crippen molar-refractivity contribution in [1.82, 2.24) is 15.6 Å². The molecule has 2 bridgehead atoms. The minimum atomic E-state index is 0. The van der Waals surface area contributed by atoms with Crippen molar-refractivity contribution < 1.29 is 4.42 Å². The standard InChI is InChI=1S/C20H28N4OS.HI/c1-14-13-23-19(26-14)7-9-22-20(21-8-6-17-3-2-10-25-17)24-18-12-15-4-5-16(18)11-15;/h2-3,10,13,15-16,18H,4-9,11-12H2,1H3,(H2,21,22,24);1H. The van der Waals surface area contributed by atoms with Crippen molar-refractivity contribution in [3.8, 4) is 0 Å². The van der Waals surface area contributed by atoms with Crippen molar-refractivity contribution in [3.05, 3.63) is 40.2 Å². The second-order valence-electron chi connectivity index (χ2n) is 7.53. The first-order valence-corrected chi connectivity index (χ1v) is 10.6. The van der Waals surface area contributed by atoms with Gasteiger partial charge in [-0.05, 0) is 50.2 Å². The Morgan fingerprint density at radius 2 is 2.26 bits per heavy atom. The minimum absolute atomic E-state index is 0. The third-order valence-electron chi connectivity index (χ3n) is 5.57. The van der Waals surface area contributed by atoms with Crippen LogP contribution in [-0.4, -0.2) is 30.1 Å². The largest absolute Gasteiger partial charge is 0.469 e. The van der Waals surface area contributed by atoms with Gasteiger partial charge in [0.2, 0.25) is 0 Å². The number of furan rings is 1. The molecule has 0 radical (unpaired) electrons. The Balaban J connectivity index is 0.00000210. The van der Waals surface area contributed by atoms with E-state index in [1.54, 1.807) is 17.6 Å². The van der Waals surface area contributed by atoms with Crippen molar-refractivity contribution in [2.24, 2.45) is 16.8 Å². The molecule has 0 amide bonds. The molecule has 2 N–H and O–H groups in total. The highest BCUT2D eigenvalue weighted by Gasteiger charge is 2.39. The second kappa shape index (κ2) is 9.91. The summed E-state index contributed by atoms with van der Waals surface area (Å²) in [6, 6.07) is 4.55. The van der Waals surface area contributed by atoms with Gasteiger partial charge in [-0.3, -0.25) is 4.99 Å². The van der Waals surface area contributed by atoms with Crippen LogP contribution < -0.4 is 10.6 Å². The zero-order valence-electron chi connectivity index (χ0n) is 15.8. The number of aromatic nitrogens is 1. The van der Waals surface area contributed by atoms with Crippen LogP contribution in [0.1, 0.15) is 41.3 Å². The Bertz CT molecular complexity index is 730. The van der Waals surface area contributed by atoms with Crippen LogP contribution in [0.4, 0.5) is 0 Å². The van der Waals surface area contributed by atoms with Crippen LogP contribution in [0.5, 0.6) is 0 Å². The number of hydrogen-bond acceptors (Lipinski definition) is 4. The molecule has 148 valence electrons. The van der Waals surface area contributed by atoms with Crippen LogP contribution in [0, 0.1) is 18.8 Å². The Morgan fingerprint density at radius 1 is 1.33 bits per heavy atom. The Morgan fingerprint density at radius 3 is 2.93 bits per heavy atom. The van der Waals surface area contributed by atoms with E-state index in [9.17, 15) is 0 Å². The van der Waals surface area contributed by atoms with Crippen LogP contribution in [0.3, 0.4) is 0 Å². The molecule has 2 aromatic heterocycles. The van der Waals surface area contributed by atoms with Crippen molar-refractivity contribution >= 4 is 41.3 Å². The van der Waals surface area contributed by atoms with Gasteiger partial charge in [0.15, 0.2) is 5.96 Å². The fourth-order valence-electron chi connectivity index (χ4n) is 4.29. The molecule has 2 heterocycles. The molecule has 2 saturated carbocycles. The van der Waals surface area contributed by atoms with E-state index in [-0.39, 0.29) is 24.0 Å². The number of thiazole rings is 1. The highest BCUT2D eigenvalue weighted by Crippen LogP contribution is 2.44. The van der Waals surface area contributed by atoms with Crippen molar-refractivity contribution in [2.45, 2.75) is 51.5 Å². The van der Waals surface area contributed by atoms with Crippen LogP contribution in [0.25, 0.3) is 0 Å². The molecule has 5 nitrogen and oxygen atoms in total. The molecule has 0 aromatic carbocycles. The van der Waals surface area contributed by atoms with Gasteiger partial charge in [-0.1, -0.05) is 6.42 Å². The average molecular weight is 500 g/mol. The number of aliphatic imine (C=N–C) groups is 1. The highest BCUT2D eigenvalue weighted by molar-refractivity contribution is 14.0. The number of halogens is 1. The van der Waals surface area contributed by atoms with Gasteiger partial charge in [-0.2, -0.15) is 0 Å². The summed E-state index contributed by atoms with van der Waals surface area (Å²) in [7, 11) is 0. The molecule has 0 saturated heterocycles. The number of fused-ring (bicyclic) bond motifs is 2. The smallest absolute Gasteiger partial charge is 0.191 e. The molecule has 0 spiro atoms. The predicted octanol–water partition coefficient (Wildman–Crippen LogP) is 4.17. The number of aryl methyl sites for hydroxylation is 1. The number of hydrogen-bond donors (Lipinski definition) is 2. The number of nitrogens with zero attached hydrogens (tertiary/aromatic N) is 2. The van der Waals surface area contributed by atoms with E-state index in [2.05, 4.69) is 22.5 Å². The first-order valence-electron chi connectivity index (χ1n) is 9.75. The van der Waals surface area contributed by atoms with Gasteiger partial charge in [0.05, 0.1) is 11.3 Å². The summed E-state index contributed by atoms with van der Waals surface area (Å²) in [4.78, 5) is 10.5. The molecule has 2 fully saturated rings. The molecule has 7 heteroatoms. The maximum Gasteiger partial charge on any atom is 0.191 e. The van der Waals surface area contributed by atoms with E-state index in [0.29, 0.717) is 6.04 Å². The van der Waals surface area contributed by atoms with Gasteiger partial charge < -0.3 is 15.1 Å². The highest BCUT2D eigenvalue weighted by atomic mass is 127. The third kappa shape index (κ3) is 5.70. The van der Waals surface area contributed by atoms with Gasteiger partial charge in [0.25, 0.3) is 0 Å². The predicted molar refractivity (Wildman–Crippen MR) is 121 cm³/mol. The SMILES string of the molecule is Cc1cnc(CCN=C(NCCc2ccco2)NC2CC3CCC2C3)s1.I. The lowest BCUT2D eigenvalue weighted by Gasteiger charge is -2.25. The molecule has 2 aromatic rings. The first kappa shape index (κ1) is 20.6. The first-order chi connectivity index (χ1) is 12.8. The number of nitrogens with one attached hydrogen (secondary N) is 2. The monoisotopic (exact) mass is 500 g/mol. The van der Waals surface area contributed by atoms with Gasteiger partial charge in [0, 0.05) is 43.0 Å². The summed E-state index contributed by atoms with van der Waals surface area (Å²) in [5, 5.41) is 8.38. The molecular weight excluding hydrogens is 471 g/mol. The van der Waals surface area contributed by atoms with Gasteiger partial charge in [-0.25, -0.2) is 4.98 Å². The zero-order chi connectivity index (χ0) is 17.8. The van der Waals surface area contributed by atoms with Crippen molar-refractivity contribution in [1.29, 1.82) is 0 Å². The molecule has 4 rings (SSSR count). The van der Waals surface area contributed by atoms with E-state index in [0.717, 1.165) is 49.5 Å². The summed E-state index contributed by atoms with van der Waals surface area (Å²) in [5.41, 5.74) is 0. The Hall–Kier alpha value is -1.09. The Labute approximate surface area is 182 Å². The maximum absolute atomic E-state index is 5.42. The summed E-state index contributed by atoms with van der Waals surface area (Å²) in [6.07, 6.45) is 10.9. The van der Waals surface area contributed by atoms with Crippen LogP contribution in [0.2, 0.25) is 0 Å². The lowest BCUT2D eigenvalue weighted by Crippen LogP contribution is -2.46. The Kier molecular flexibility index (Phi) is 7.57. The summed E-state index contributed by atoms with van der Waals surface area (Å²) in [5.74, 6) is 3.72. The molecule has 2 aliphatic carbocycles. The zero-order valence-corrected chi connectivity index (χ0v) is 19.0. The molecule has 3 atom stereocenters. The summed E-state index contributed by atoms with van der Waals surface area (Å²) < 4.78 is 5.42. The topological polar surface area (TPSA) is 62.5 Å². The van der Waals surface area contributed by atoms with Crippen molar-refractivity contribution in [2.75, 3.05) is 13.1 Å². The maximum atomic E-state index is 5.42. The van der Waals surface area contributed by atoms with Gasteiger partial charge in [0.1, 0.15) is 5.76 Å².